The molecule has 9 heteroatoms. The summed E-state index contributed by atoms with van der Waals surface area (Å²) in [4.78, 5) is 23.6. The van der Waals surface area contributed by atoms with Gasteiger partial charge in [0.1, 0.15) is 6.10 Å². The van der Waals surface area contributed by atoms with Crippen LogP contribution in [0, 0.1) is 0 Å². The number of para-hydroxylation sites is 1. The SMILES string of the molecule is COC(=O)c1ccc(S(=O)(=O)N[C@@H]2CCC[C@H](OC(=O)Nc3ccccc3)C2)cc1. The van der Waals surface area contributed by atoms with E-state index in [-0.39, 0.29) is 22.6 Å². The van der Waals surface area contributed by atoms with Crippen molar-refractivity contribution in [3.63, 3.8) is 0 Å². The van der Waals surface area contributed by atoms with Crippen LogP contribution in [0.15, 0.2) is 59.5 Å². The van der Waals surface area contributed by atoms with Gasteiger partial charge in [0.05, 0.1) is 17.6 Å². The Morgan fingerprint density at radius 3 is 2.37 bits per heavy atom. The second-order valence-corrected chi connectivity index (χ2v) is 8.73. The Bertz CT molecular complexity index is 976. The van der Waals surface area contributed by atoms with Crippen molar-refractivity contribution in [3.8, 4) is 0 Å². The maximum absolute atomic E-state index is 12.7. The van der Waals surface area contributed by atoms with E-state index in [1.165, 1.54) is 31.4 Å². The molecule has 30 heavy (non-hydrogen) atoms. The van der Waals surface area contributed by atoms with Crippen LogP contribution in [-0.2, 0) is 19.5 Å². The minimum atomic E-state index is -3.77. The molecule has 2 atom stereocenters. The van der Waals surface area contributed by atoms with E-state index in [0.717, 1.165) is 6.42 Å². The normalized spacial score (nSPS) is 19.0. The van der Waals surface area contributed by atoms with Gasteiger partial charge in [-0.05, 0) is 55.7 Å². The number of esters is 1. The van der Waals surface area contributed by atoms with Gasteiger partial charge in [-0.3, -0.25) is 5.32 Å². The van der Waals surface area contributed by atoms with Crippen LogP contribution >= 0.6 is 0 Å². The first-order valence-corrected chi connectivity index (χ1v) is 11.1. The van der Waals surface area contributed by atoms with Gasteiger partial charge in [0.15, 0.2) is 0 Å². The number of carbonyl (C=O) groups is 2. The number of nitrogens with one attached hydrogen (secondary N) is 2. The maximum atomic E-state index is 12.7. The predicted octanol–water partition coefficient (Wildman–Crippen LogP) is 3.31. The number of sulfonamides is 1. The summed E-state index contributed by atoms with van der Waals surface area (Å²) in [7, 11) is -2.51. The molecule has 1 aliphatic carbocycles. The van der Waals surface area contributed by atoms with Crippen LogP contribution in [0.2, 0.25) is 0 Å². The molecule has 0 aromatic heterocycles. The molecule has 1 aliphatic rings. The second-order valence-electron chi connectivity index (χ2n) is 7.02. The molecule has 1 amide bonds. The molecule has 0 spiro atoms. The molecule has 2 aromatic carbocycles. The summed E-state index contributed by atoms with van der Waals surface area (Å²) in [6, 6.07) is 14.1. The Morgan fingerprint density at radius 2 is 1.70 bits per heavy atom. The molecular weight excluding hydrogens is 408 g/mol. The fourth-order valence-corrected chi connectivity index (χ4v) is 4.64. The first kappa shape index (κ1) is 21.8. The predicted molar refractivity (Wildman–Crippen MR) is 111 cm³/mol. The van der Waals surface area contributed by atoms with Gasteiger partial charge in [-0.15, -0.1) is 0 Å². The lowest BCUT2D eigenvalue weighted by atomic mass is 9.94. The molecule has 1 saturated carbocycles. The molecule has 1 fully saturated rings. The fourth-order valence-electron chi connectivity index (χ4n) is 3.35. The van der Waals surface area contributed by atoms with E-state index in [0.29, 0.717) is 24.9 Å². The van der Waals surface area contributed by atoms with Crippen LogP contribution in [0.1, 0.15) is 36.0 Å². The Kier molecular flexibility index (Phi) is 7.07. The number of benzene rings is 2. The number of carbonyl (C=O) groups excluding carboxylic acids is 2. The van der Waals surface area contributed by atoms with Crippen molar-refractivity contribution in [2.45, 2.75) is 42.7 Å². The van der Waals surface area contributed by atoms with Crippen molar-refractivity contribution in [2.75, 3.05) is 12.4 Å². The van der Waals surface area contributed by atoms with Crippen molar-refractivity contribution in [2.24, 2.45) is 0 Å². The highest BCUT2D eigenvalue weighted by molar-refractivity contribution is 7.89. The molecule has 0 aliphatic heterocycles. The molecule has 0 radical (unpaired) electrons. The molecule has 160 valence electrons. The smallest absolute Gasteiger partial charge is 0.411 e. The molecule has 0 heterocycles. The highest BCUT2D eigenvalue weighted by atomic mass is 32.2. The van der Waals surface area contributed by atoms with Crippen molar-refractivity contribution < 1.29 is 27.5 Å². The number of ether oxygens (including phenoxy) is 2. The quantitative estimate of drug-likeness (QED) is 0.678. The zero-order valence-electron chi connectivity index (χ0n) is 16.5. The Hall–Kier alpha value is -2.91. The standard InChI is InChI=1S/C21H24N2O6S/c1-28-20(24)15-10-12-19(13-11-15)30(26,27)23-17-8-5-9-18(14-17)29-21(25)22-16-6-3-2-4-7-16/h2-4,6-7,10-13,17-18,23H,5,8-9,14H2,1H3,(H,22,25)/t17-,18+/m1/s1. The summed E-state index contributed by atoms with van der Waals surface area (Å²) in [5.74, 6) is -0.534. The van der Waals surface area contributed by atoms with Crippen LogP contribution in [-0.4, -0.2) is 39.7 Å². The van der Waals surface area contributed by atoms with E-state index < -0.39 is 22.1 Å². The average molecular weight is 432 g/mol. The lowest BCUT2D eigenvalue weighted by Crippen LogP contribution is -2.41. The molecule has 0 bridgehead atoms. The first-order valence-electron chi connectivity index (χ1n) is 9.61. The van der Waals surface area contributed by atoms with Crippen LogP contribution in [0.5, 0.6) is 0 Å². The average Bonchev–Trinajstić information content (AvgIpc) is 2.74. The van der Waals surface area contributed by atoms with Crippen LogP contribution in [0.3, 0.4) is 0 Å². The van der Waals surface area contributed by atoms with Gasteiger partial charge in [-0.2, -0.15) is 0 Å². The zero-order chi connectivity index (χ0) is 21.6. The molecule has 0 saturated heterocycles. The second kappa shape index (κ2) is 9.73. The lowest BCUT2D eigenvalue weighted by Gasteiger charge is -2.29. The monoisotopic (exact) mass is 432 g/mol. The molecule has 3 rings (SSSR count). The van der Waals surface area contributed by atoms with Gasteiger partial charge in [0.25, 0.3) is 0 Å². The van der Waals surface area contributed by atoms with Crippen LogP contribution in [0.4, 0.5) is 10.5 Å². The highest BCUT2D eigenvalue weighted by Crippen LogP contribution is 2.24. The lowest BCUT2D eigenvalue weighted by molar-refractivity contribution is 0.0600. The molecule has 0 unspecified atom stereocenters. The Balaban J connectivity index is 1.57. The number of rotatable bonds is 6. The fraction of sp³-hybridized carbons (Fsp3) is 0.333. The number of amides is 1. The topological polar surface area (TPSA) is 111 Å². The van der Waals surface area contributed by atoms with E-state index in [4.69, 9.17) is 4.74 Å². The summed E-state index contributed by atoms with van der Waals surface area (Å²) in [5.41, 5.74) is 0.901. The number of anilines is 1. The summed E-state index contributed by atoms with van der Waals surface area (Å²) >= 11 is 0. The van der Waals surface area contributed by atoms with E-state index >= 15 is 0 Å². The Labute approximate surface area is 175 Å². The van der Waals surface area contributed by atoms with Crippen molar-refractivity contribution in [3.05, 3.63) is 60.2 Å². The highest BCUT2D eigenvalue weighted by Gasteiger charge is 2.28. The maximum Gasteiger partial charge on any atom is 0.411 e. The third kappa shape index (κ3) is 5.80. The summed E-state index contributed by atoms with van der Waals surface area (Å²) in [5, 5.41) is 2.66. The number of hydrogen-bond acceptors (Lipinski definition) is 6. The molecule has 2 N–H and O–H groups in total. The third-order valence-corrected chi connectivity index (χ3v) is 6.36. The summed E-state index contributed by atoms with van der Waals surface area (Å²) in [6.07, 6.45) is 1.51. The van der Waals surface area contributed by atoms with Gasteiger partial charge in [-0.1, -0.05) is 18.2 Å². The summed E-state index contributed by atoms with van der Waals surface area (Å²) < 4.78 is 38.1. The first-order chi connectivity index (χ1) is 14.4. The zero-order valence-corrected chi connectivity index (χ0v) is 17.4. The van der Waals surface area contributed by atoms with Gasteiger partial charge in [0.2, 0.25) is 10.0 Å². The van der Waals surface area contributed by atoms with Gasteiger partial charge < -0.3 is 9.47 Å². The van der Waals surface area contributed by atoms with Crippen molar-refractivity contribution in [1.29, 1.82) is 0 Å². The van der Waals surface area contributed by atoms with Gasteiger partial charge >= 0.3 is 12.1 Å². The van der Waals surface area contributed by atoms with E-state index in [1.807, 2.05) is 6.07 Å². The molecule has 8 nitrogen and oxygen atoms in total. The third-order valence-electron chi connectivity index (χ3n) is 4.83. The van der Waals surface area contributed by atoms with Crippen LogP contribution in [0.25, 0.3) is 0 Å². The van der Waals surface area contributed by atoms with E-state index in [9.17, 15) is 18.0 Å². The number of hydrogen-bond donors (Lipinski definition) is 2. The summed E-state index contributed by atoms with van der Waals surface area (Å²) in [6.45, 7) is 0. The Morgan fingerprint density at radius 1 is 1.00 bits per heavy atom. The van der Waals surface area contributed by atoms with Crippen molar-refractivity contribution >= 4 is 27.8 Å². The largest absolute Gasteiger partial charge is 0.465 e. The molecular formula is C21H24N2O6S. The minimum Gasteiger partial charge on any atom is -0.465 e. The number of methoxy groups -OCH3 is 1. The van der Waals surface area contributed by atoms with Crippen molar-refractivity contribution in [1.82, 2.24) is 4.72 Å². The molecule has 2 aromatic rings. The van der Waals surface area contributed by atoms with E-state index in [1.54, 1.807) is 24.3 Å². The minimum absolute atomic E-state index is 0.0556. The van der Waals surface area contributed by atoms with Gasteiger partial charge in [0, 0.05) is 18.2 Å². The van der Waals surface area contributed by atoms with E-state index in [2.05, 4.69) is 14.8 Å². The van der Waals surface area contributed by atoms with Crippen LogP contribution < -0.4 is 10.0 Å². The van der Waals surface area contributed by atoms with Gasteiger partial charge in [-0.25, -0.2) is 22.7 Å².